The van der Waals surface area contributed by atoms with E-state index in [9.17, 15) is 4.79 Å². The van der Waals surface area contributed by atoms with Gasteiger partial charge in [0, 0.05) is 35.5 Å². The molecule has 0 radical (unpaired) electrons. The van der Waals surface area contributed by atoms with Gasteiger partial charge in [0.05, 0.1) is 17.1 Å². The van der Waals surface area contributed by atoms with Crippen molar-refractivity contribution in [2.75, 3.05) is 0 Å². The van der Waals surface area contributed by atoms with Crippen LogP contribution in [0.3, 0.4) is 0 Å². The largest absolute Gasteiger partial charge is 0.488 e. The van der Waals surface area contributed by atoms with Crippen molar-refractivity contribution in [1.29, 1.82) is 0 Å². The lowest BCUT2D eigenvalue weighted by atomic mass is 9.88. The summed E-state index contributed by atoms with van der Waals surface area (Å²) in [6, 6.07) is 16.9. The number of ether oxygens (including phenoxy) is 1. The van der Waals surface area contributed by atoms with E-state index in [4.69, 9.17) is 21.3 Å². The topological polar surface area (TPSA) is 56.5 Å². The minimum absolute atomic E-state index is 0.189. The van der Waals surface area contributed by atoms with Crippen molar-refractivity contribution >= 4 is 76.5 Å². The molecule has 4 aromatic rings. The molecule has 0 spiro atoms. The molecular weight excluding hydrogens is 685 g/mol. The molecule has 190 valence electrons. The van der Waals surface area contributed by atoms with Crippen LogP contribution in [-0.4, -0.2) is 15.9 Å². The Morgan fingerprint density at radius 1 is 1.00 bits per heavy atom. The van der Waals surface area contributed by atoms with E-state index in [-0.39, 0.29) is 11.5 Å². The Hall–Kier alpha value is -2.00. The SMILES string of the molecule is O=c1c2cc(Br)ccc2nc(C2CCCCC2)n1N=Cc1cc(Cl)ccc1OCc1ccc(Br)cc1Br. The molecule has 5 rings (SSSR count). The van der Waals surface area contributed by atoms with E-state index >= 15 is 0 Å². The van der Waals surface area contributed by atoms with Gasteiger partial charge in [0.15, 0.2) is 0 Å². The highest BCUT2D eigenvalue weighted by atomic mass is 79.9. The van der Waals surface area contributed by atoms with Gasteiger partial charge in [-0.05, 0) is 61.4 Å². The smallest absolute Gasteiger partial charge is 0.282 e. The van der Waals surface area contributed by atoms with E-state index in [1.807, 2.05) is 36.4 Å². The van der Waals surface area contributed by atoms with Gasteiger partial charge in [-0.25, -0.2) is 4.98 Å². The van der Waals surface area contributed by atoms with E-state index in [1.165, 1.54) is 11.1 Å². The first-order chi connectivity index (χ1) is 17.9. The highest BCUT2D eigenvalue weighted by molar-refractivity contribution is 9.11. The molecule has 0 bridgehead atoms. The second-order valence-electron chi connectivity index (χ2n) is 9.03. The fourth-order valence-corrected chi connectivity index (χ4v) is 6.27. The van der Waals surface area contributed by atoms with Crippen molar-refractivity contribution in [3.8, 4) is 5.75 Å². The third-order valence-electron chi connectivity index (χ3n) is 6.49. The number of rotatable bonds is 6. The van der Waals surface area contributed by atoms with Gasteiger partial charge < -0.3 is 4.74 Å². The summed E-state index contributed by atoms with van der Waals surface area (Å²) in [4.78, 5) is 18.5. The first kappa shape index (κ1) is 26.6. The molecule has 1 saturated carbocycles. The zero-order chi connectivity index (χ0) is 25.9. The molecule has 1 heterocycles. The van der Waals surface area contributed by atoms with Crippen molar-refractivity contribution in [1.82, 2.24) is 9.66 Å². The predicted octanol–water partition coefficient (Wildman–Crippen LogP) is 8.85. The van der Waals surface area contributed by atoms with Gasteiger partial charge in [-0.2, -0.15) is 9.78 Å². The number of benzene rings is 3. The fraction of sp³-hybridized carbons (Fsp3) is 0.250. The normalized spacial score (nSPS) is 14.5. The average Bonchev–Trinajstić information content (AvgIpc) is 2.89. The zero-order valence-corrected chi connectivity index (χ0v) is 25.3. The highest BCUT2D eigenvalue weighted by Crippen LogP contribution is 2.32. The molecule has 0 atom stereocenters. The summed E-state index contributed by atoms with van der Waals surface area (Å²) in [5.74, 6) is 1.52. The second-order valence-corrected chi connectivity index (χ2v) is 12.2. The van der Waals surface area contributed by atoms with E-state index in [0.29, 0.717) is 39.7 Å². The summed E-state index contributed by atoms with van der Waals surface area (Å²) in [6.07, 6.45) is 7.09. The molecule has 0 unspecified atom stereocenters. The summed E-state index contributed by atoms with van der Waals surface area (Å²) in [5.41, 5.74) is 2.18. The Morgan fingerprint density at radius 2 is 1.76 bits per heavy atom. The van der Waals surface area contributed by atoms with Crippen LogP contribution < -0.4 is 10.3 Å². The molecular formula is C28H23Br3ClN3O2. The van der Waals surface area contributed by atoms with Gasteiger partial charge >= 0.3 is 0 Å². The lowest BCUT2D eigenvalue weighted by Crippen LogP contribution is -2.25. The van der Waals surface area contributed by atoms with Crippen molar-refractivity contribution < 1.29 is 4.74 Å². The maximum atomic E-state index is 13.6. The van der Waals surface area contributed by atoms with Crippen LogP contribution in [0.5, 0.6) is 5.75 Å². The first-order valence-electron chi connectivity index (χ1n) is 12.0. The summed E-state index contributed by atoms with van der Waals surface area (Å²) >= 11 is 16.9. The number of hydrogen-bond acceptors (Lipinski definition) is 4. The van der Waals surface area contributed by atoms with Crippen LogP contribution in [0.2, 0.25) is 5.02 Å². The van der Waals surface area contributed by atoms with Crippen LogP contribution in [0.1, 0.15) is 55.0 Å². The molecule has 1 aromatic heterocycles. The summed E-state index contributed by atoms with van der Waals surface area (Å²) in [6.45, 7) is 0.356. The van der Waals surface area contributed by atoms with Gasteiger partial charge in [0.2, 0.25) is 0 Å². The molecule has 9 heteroatoms. The van der Waals surface area contributed by atoms with Crippen molar-refractivity contribution in [3.63, 3.8) is 0 Å². The quantitative estimate of drug-likeness (QED) is 0.188. The van der Waals surface area contributed by atoms with Crippen LogP contribution in [0.25, 0.3) is 10.9 Å². The molecule has 3 aromatic carbocycles. The number of nitrogens with zero attached hydrogens (tertiary/aromatic N) is 3. The molecule has 1 aliphatic rings. The number of aromatic nitrogens is 2. The van der Waals surface area contributed by atoms with Crippen LogP contribution in [0, 0.1) is 0 Å². The average molecular weight is 709 g/mol. The fourth-order valence-electron chi connectivity index (χ4n) is 4.57. The molecule has 1 fully saturated rings. The molecule has 5 nitrogen and oxygen atoms in total. The third-order valence-corrected chi connectivity index (χ3v) is 8.45. The molecule has 0 aliphatic heterocycles. The van der Waals surface area contributed by atoms with E-state index in [2.05, 4.69) is 52.9 Å². The van der Waals surface area contributed by atoms with Gasteiger partial charge in [-0.1, -0.05) is 84.7 Å². The van der Waals surface area contributed by atoms with Crippen LogP contribution in [0.4, 0.5) is 0 Å². The standard InChI is InChI=1S/C28H23Br3ClN3O2/c29-20-8-10-25-23(13-20)28(36)35(27(34-25)17-4-2-1-3-5-17)33-15-19-12-22(32)9-11-26(19)37-16-18-6-7-21(30)14-24(18)31/h6-15,17H,1-5,16H2. The van der Waals surface area contributed by atoms with Crippen molar-refractivity contribution in [2.24, 2.45) is 5.10 Å². The summed E-state index contributed by atoms with van der Waals surface area (Å²) in [5, 5.41) is 5.74. The summed E-state index contributed by atoms with van der Waals surface area (Å²) < 4.78 is 10.4. The number of fused-ring (bicyclic) bond motifs is 1. The molecule has 37 heavy (non-hydrogen) atoms. The second kappa shape index (κ2) is 11.8. The van der Waals surface area contributed by atoms with E-state index < -0.39 is 0 Å². The highest BCUT2D eigenvalue weighted by Gasteiger charge is 2.22. The third kappa shape index (κ3) is 6.19. The lowest BCUT2D eigenvalue weighted by Gasteiger charge is -2.22. The van der Waals surface area contributed by atoms with E-state index in [1.54, 1.807) is 24.4 Å². The zero-order valence-electron chi connectivity index (χ0n) is 19.8. The van der Waals surface area contributed by atoms with Gasteiger partial charge in [0.1, 0.15) is 18.2 Å². The van der Waals surface area contributed by atoms with Gasteiger partial charge in [-0.3, -0.25) is 4.79 Å². The van der Waals surface area contributed by atoms with E-state index in [0.717, 1.165) is 44.7 Å². The Kier molecular flexibility index (Phi) is 8.49. The Bertz CT molecular complexity index is 1550. The Labute approximate surface area is 245 Å². The summed E-state index contributed by atoms with van der Waals surface area (Å²) in [7, 11) is 0. The van der Waals surface area contributed by atoms with Gasteiger partial charge in [0.25, 0.3) is 5.56 Å². The predicted molar refractivity (Wildman–Crippen MR) is 160 cm³/mol. The molecule has 0 saturated heterocycles. The Morgan fingerprint density at radius 3 is 2.54 bits per heavy atom. The lowest BCUT2D eigenvalue weighted by molar-refractivity contribution is 0.305. The maximum Gasteiger partial charge on any atom is 0.282 e. The minimum Gasteiger partial charge on any atom is -0.488 e. The number of hydrogen-bond donors (Lipinski definition) is 0. The number of halogens is 4. The molecule has 0 amide bonds. The maximum absolute atomic E-state index is 13.6. The van der Waals surface area contributed by atoms with Crippen molar-refractivity contribution in [2.45, 2.75) is 44.6 Å². The van der Waals surface area contributed by atoms with Crippen LogP contribution in [-0.2, 0) is 6.61 Å². The first-order valence-corrected chi connectivity index (χ1v) is 14.8. The van der Waals surface area contributed by atoms with Gasteiger partial charge in [-0.15, -0.1) is 0 Å². The minimum atomic E-state index is -0.189. The van der Waals surface area contributed by atoms with Crippen molar-refractivity contribution in [3.05, 3.63) is 100 Å². The van der Waals surface area contributed by atoms with Crippen LogP contribution in [0.15, 0.2) is 77.9 Å². The monoisotopic (exact) mass is 705 g/mol. The molecule has 1 aliphatic carbocycles. The Balaban J connectivity index is 1.53. The molecule has 0 N–H and O–H groups in total. The van der Waals surface area contributed by atoms with Crippen LogP contribution >= 0.6 is 59.4 Å².